The lowest BCUT2D eigenvalue weighted by atomic mass is 9.96. The normalized spacial score (nSPS) is 10.6. The first-order chi connectivity index (χ1) is 12.2. The molecule has 1 nitrogen and oxygen atoms in total. The van der Waals surface area contributed by atoms with Crippen LogP contribution in [0, 0.1) is 18.3 Å². The Hall–Kier alpha value is -3.37. The Morgan fingerprint density at radius 3 is 1.96 bits per heavy atom. The summed E-state index contributed by atoms with van der Waals surface area (Å²) >= 11 is 0. The predicted octanol–water partition coefficient (Wildman–Crippen LogP) is 6.35. The van der Waals surface area contributed by atoms with E-state index in [1.165, 1.54) is 27.5 Å². The molecule has 4 aromatic carbocycles. The molecule has 0 saturated carbocycles. The van der Waals surface area contributed by atoms with Crippen molar-refractivity contribution >= 4 is 10.8 Å². The van der Waals surface area contributed by atoms with Gasteiger partial charge in [0.1, 0.15) is 0 Å². The summed E-state index contributed by atoms with van der Waals surface area (Å²) in [5.41, 5.74) is 6.66. The summed E-state index contributed by atoms with van der Waals surface area (Å²) in [7, 11) is 0. The molecule has 0 unspecified atom stereocenters. The summed E-state index contributed by atoms with van der Waals surface area (Å²) in [4.78, 5) is 0. The van der Waals surface area contributed by atoms with Crippen LogP contribution in [0.4, 0.5) is 0 Å². The van der Waals surface area contributed by atoms with E-state index in [0.717, 1.165) is 11.1 Å². The quantitative estimate of drug-likeness (QED) is 0.422. The highest BCUT2D eigenvalue weighted by atomic mass is 14.2. The van der Waals surface area contributed by atoms with Crippen molar-refractivity contribution in [2.24, 2.45) is 0 Å². The molecular formula is C24H17N. The van der Waals surface area contributed by atoms with Gasteiger partial charge in [0.15, 0.2) is 0 Å². The minimum Gasteiger partial charge on any atom is -0.192 e. The molecule has 4 rings (SSSR count). The topological polar surface area (TPSA) is 23.8 Å². The lowest BCUT2D eigenvalue weighted by molar-refractivity contribution is 1.48. The standard InChI is InChI=1S/C24H17N/c1-17-5-8-23-15-24(12-11-22(23)13-17)21-4-2-3-20(14-21)19-9-6-18(16-25)7-10-19/h2-15H,1H3. The SMILES string of the molecule is Cc1ccc2cc(-c3cccc(-c4ccc(C#N)cc4)c3)ccc2c1. The second-order valence-corrected chi connectivity index (χ2v) is 6.34. The second-order valence-electron chi connectivity index (χ2n) is 6.34. The maximum absolute atomic E-state index is 8.95. The molecule has 0 fully saturated rings. The van der Waals surface area contributed by atoms with Crippen molar-refractivity contribution in [3.05, 3.63) is 96.1 Å². The van der Waals surface area contributed by atoms with Crippen LogP contribution in [0.2, 0.25) is 0 Å². The Balaban J connectivity index is 1.76. The highest BCUT2D eigenvalue weighted by Gasteiger charge is 2.04. The van der Waals surface area contributed by atoms with Gasteiger partial charge in [-0.1, -0.05) is 66.2 Å². The molecule has 0 radical (unpaired) electrons. The fraction of sp³-hybridized carbons (Fsp3) is 0.0417. The fourth-order valence-corrected chi connectivity index (χ4v) is 3.16. The first-order valence-electron chi connectivity index (χ1n) is 8.34. The molecule has 0 aliphatic rings. The Bertz CT molecular complexity index is 1100. The van der Waals surface area contributed by atoms with E-state index in [2.05, 4.69) is 73.7 Å². The average molecular weight is 319 g/mol. The fourth-order valence-electron chi connectivity index (χ4n) is 3.16. The van der Waals surface area contributed by atoms with Crippen molar-refractivity contribution in [2.45, 2.75) is 6.92 Å². The molecule has 0 N–H and O–H groups in total. The number of aryl methyl sites for hydroxylation is 1. The van der Waals surface area contributed by atoms with Crippen LogP contribution in [0.5, 0.6) is 0 Å². The Morgan fingerprint density at radius 2 is 1.20 bits per heavy atom. The summed E-state index contributed by atoms with van der Waals surface area (Å²) < 4.78 is 0. The van der Waals surface area contributed by atoms with E-state index in [1.54, 1.807) is 0 Å². The van der Waals surface area contributed by atoms with Gasteiger partial charge in [0.25, 0.3) is 0 Å². The maximum Gasteiger partial charge on any atom is 0.0991 e. The Kier molecular flexibility index (Phi) is 3.80. The summed E-state index contributed by atoms with van der Waals surface area (Å²) in [6, 6.07) is 31.6. The summed E-state index contributed by atoms with van der Waals surface area (Å²) in [6.45, 7) is 2.12. The summed E-state index contributed by atoms with van der Waals surface area (Å²) in [5, 5.41) is 11.5. The molecule has 0 amide bonds. The number of rotatable bonds is 2. The number of benzene rings is 4. The van der Waals surface area contributed by atoms with Gasteiger partial charge in [0.2, 0.25) is 0 Å². The molecule has 0 atom stereocenters. The van der Waals surface area contributed by atoms with Crippen LogP contribution in [-0.4, -0.2) is 0 Å². The monoisotopic (exact) mass is 319 g/mol. The minimum atomic E-state index is 0.685. The number of fused-ring (bicyclic) bond motifs is 1. The van der Waals surface area contributed by atoms with Crippen LogP contribution in [0.1, 0.15) is 11.1 Å². The molecule has 4 aromatic rings. The van der Waals surface area contributed by atoms with Crippen molar-refractivity contribution in [3.63, 3.8) is 0 Å². The first-order valence-corrected chi connectivity index (χ1v) is 8.34. The summed E-state index contributed by atoms with van der Waals surface area (Å²) in [5.74, 6) is 0. The molecule has 0 spiro atoms. The van der Waals surface area contributed by atoms with E-state index in [4.69, 9.17) is 5.26 Å². The highest BCUT2D eigenvalue weighted by Crippen LogP contribution is 2.29. The van der Waals surface area contributed by atoms with Crippen LogP contribution in [0.15, 0.2) is 84.9 Å². The van der Waals surface area contributed by atoms with Crippen molar-refractivity contribution in [3.8, 4) is 28.3 Å². The molecule has 25 heavy (non-hydrogen) atoms. The van der Waals surface area contributed by atoms with Crippen molar-refractivity contribution in [1.82, 2.24) is 0 Å². The molecule has 1 heteroatoms. The molecule has 0 aliphatic carbocycles. The molecule has 118 valence electrons. The van der Waals surface area contributed by atoms with Gasteiger partial charge in [-0.25, -0.2) is 0 Å². The predicted molar refractivity (Wildman–Crippen MR) is 104 cm³/mol. The minimum absolute atomic E-state index is 0.685. The number of hydrogen-bond donors (Lipinski definition) is 0. The molecule has 0 bridgehead atoms. The van der Waals surface area contributed by atoms with Crippen molar-refractivity contribution < 1.29 is 0 Å². The molecule has 0 heterocycles. The second kappa shape index (κ2) is 6.26. The van der Waals surface area contributed by atoms with Gasteiger partial charge in [-0.3, -0.25) is 0 Å². The zero-order chi connectivity index (χ0) is 17.2. The van der Waals surface area contributed by atoms with Crippen molar-refractivity contribution in [2.75, 3.05) is 0 Å². The maximum atomic E-state index is 8.95. The molecule has 0 saturated heterocycles. The summed E-state index contributed by atoms with van der Waals surface area (Å²) in [6.07, 6.45) is 0. The van der Waals surface area contributed by atoms with Crippen LogP contribution in [-0.2, 0) is 0 Å². The number of hydrogen-bond acceptors (Lipinski definition) is 1. The van der Waals surface area contributed by atoms with Crippen LogP contribution in [0.25, 0.3) is 33.0 Å². The highest BCUT2D eigenvalue weighted by molar-refractivity contribution is 5.88. The third-order valence-corrected chi connectivity index (χ3v) is 4.54. The first kappa shape index (κ1) is 15.2. The van der Waals surface area contributed by atoms with Gasteiger partial charge >= 0.3 is 0 Å². The van der Waals surface area contributed by atoms with E-state index in [-0.39, 0.29) is 0 Å². The van der Waals surface area contributed by atoms with Crippen LogP contribution >= 0.6 is 0 Å². The smallest absolute Gasteiger partial charge is 0.0991 e. The Morgan fingerprint density at radius 1 is 0.600 bits per heavy atom. The van der Waals surface area contributed by atoms with E-state index in [0.29, 0.717) is 5.56 Å². The van der Waals surface area contributed by atoms with Gasteiger partial charge < -0.3 is 0 Å². The molecular weight excluding hydrogens is 302 g/mol. The van der Waals surface area contributed by atoms with Gasteiger partial charge in [-0.05, 0) is 64.2 Å². The molecule has 0 aliphatic heterocycles. The van der Waals surface area contributed by atoms with Crippen LogP contribution in [0.3, 0.4) is 0 Å². The third-order valence-electron chi connectivity index (χ3n) is 4.54. The van der Waals surface area contributed by atoms with Gasteiger partial charge in [-0.15, -0.1) is 0 Å². The van der Waals surface area contributed by atoms with E-state index in [1.807, 2.05) is 24.3 Å². The number of nitriles is 1. The Labute approximate surface area is 147 Å². The third kappa shape index (κ3) is 3.03. The molecule has 0 aromatic heterocycles. The lowest BCUT2D eigenvalue weighted by Gasteiger charge is -2.08. The lowest BCUT2D eigenvalue weighted by Crippen LogP contribution is -1.83. The zero-order valence-corrected chi connectivity index (χ0v) is 14.0. The average Bonchev–Trinajstić information content (AvgIpc) is 2.68. The van der Waals surface area contributed by atoms with Crippen molar-refractivity contribution in [1.29, 1.82) is 5.26 Å². The van der Waals surface area contributed by atoms with Gasteiger partial charge in [0.05, 0.1) is 11.6 Å². The zero-order valence-electron chi connectivity index (χ0n) is 14.0. The van der Waals surface area contributed by atoms with Gasteiger partial charge in [-0.2, -0.15) is 5.26 Å². The van der Waals surface area contributed by atoms with Gasteiger partial charge in [0, 0.05) is 0 Å². The number of nitrogens with zero attached hydrogens (tertiary/aromatic N) is 1. The van der Waals surface area contributed by atoms with E-state index >= 15 is 0 Å². The van der Waals surface area contributed by atoms with Crippen LogP contribution < -0.4 is 0 Å². The van der Waals surface area contributed by atoms with E-state index < -0.39 is 0 Å². The van der Waals surface area contributed by atoms with E-state index in [9.17, 15) is 0 Å². The largest absolute Gasteiger partial charge is 0.192 e.